The molecule has 0 spiro atoms. The summed E-state index contributed by atoms with van der Waals surface area (Å²) in [6.07, 6.45) is 0.891. The van der Waals surface area contributed by atoms with Crippen LogP contribution in [0.2, 0.25) is 0 Å². The van der Waals surface area contributed by atoms with Crippen molar-refractivity contribution < 1.29 is 19.1 Å². The lowest BCUT2D eigenvalue weighted by atomic mass is 10.1. The highest BCUT2D eigenvalue weighted by molar-refractivity contribution is 6.04. The van der Waals surface area contributed by atoms with E-state index in [1.807, 2.05) is 25.1 Å². The van der Waals surface area contributed by atoms with Gasteiger partial charge in [-0.05, 0) is 48.4 Å². The van der Waals surface area contributed by atoms with E-state index in [4.69, 9.17) is 4.74 Å². The molecular formula is C22H25N3O4. The Morgan fingerprint density at radius 2 is 1.86 bits per heavy atom. The smallest absolute Gasteiger partial charge is 0.229 e. The molecule has 0 aromatic heterocycles. The number of amides is 3. The van der Waals surface area contributed by atoms with Crippen molar-refractivity contribution >= 4 is 34.8 Å². The number of nitrogens with zero attached hydrogens (tertiary/aromatic N) is 1. The average molecular weight is 395 g/mol. The Morgan fingerprint density at radius 3 is 2.48 bits per heavy atom. The van der Waals surface area contributed by atoms with E-state index in [0.717, 1.165) is 17.7 Å². The summed E-state index contributed by atoms with van der Waals surface area (Å²) >= 11 is 0. The molecule has 0 saturated carbocycles. The average Bonchev–Trinajstić information content (AvgIpc) is 3.09. The zero-order valence-corrected chi connectivity index (χ0v) is 16.8. The van der Waals surface area contributed by atoms with Gasteiger partial charge >= 0.3 is 0 Å². The molecule has 1 saturated heterocycles. The minimum atomic E-state index is -0.446. The predicted octanol–water partition coefficient (Wildman–Crippen LogP) is 3.21. The summed E-state index contributed by atoms with van der Waals surface area (Å²) in [4.78, 5) is 38.2. The van der Waals surface area contributed by atoms with Crippen LogP contribution in [0.3, 0.4) is 0 Å². The van der Waals surface area contributed by atoms with E-state index in [2.05, 4.69) is 10.6 Å². The van der Waals surface area contributed by atoms with Gasteiger partial charge in [-0.3, -0.25) is 14.4 Å². The lowest BCUT2D eigenvalue weighted by Gasteiger charge is -2.18. The molecule has 3 amide bonds. The quantitative estimate of drug-likeness (QED) is 0.786. The van der Waals surface area contributed by atoms with Gasteiger partial charge in [0.15, 0.2) is 0 Å². The standard InChI is InChI=1S/C22H25N3O4/c1-4-15-5-6-17(23-14(2)26)12-20(15)24-22(28)16-11-21(27)25(13-16)18-7-9-19(29-3)10-8-18/h5-10,12,16H,4,11,13H2,1-3H3,(H,23,26)(H,24,28). The van der Waals surface area contributed by atoms with E-state index in [0.29, 0.717) is 23.7 Å². The van der Waals surface area contributed by atoms with E-state index in [9.17, 15) is 14.4 Å². The Labute approximate surface area is 170 Å². The van der Waals surface area contributed by atoms with Gasteiger partial charge < -0.3 is 20.3 Å². The maximum Gasteiger partial charge on any atom is 0.229 e. The van der Waals surface area contributed by atoms with Crippen LogP contribution in [0.5, 0.6) is 5.75 Å². The summed E-state index contributed by atoms with van der Waals surface area (Å²) in [5, 5.41) is 5.66. The number of aryl methyl sites for hydroxylation is 1. The number of hydrogen-bond acceptors (Lipinski definition) is 4. The first kappa shape index (κ1) is 20.4. The van der Waals surface area contributed by atoms with Crippen LogP contribution < -0.4 is 20.3 Å². The molecule has 2 aromatic rings. The number of rotatable bonds is 6. The molecule has 2 aromatic carbocycles. The largest absolute Gasteiger partial charge is 0.497 e. The fourth-order valence-corrected chi connectivity index (χ4v) is 3.41. The van der Waals surface area contributed by atoms with Gasteiger partial charge in [0.05, 0.1) is 13.0 Å². The SMILES string of the molecule is CCc1ccc(NC(C)=O)cc1NC(=O)C1CC(=O)N(c2ccc(OC)cc2)C1. The molecule has 1 heterocycles. The molecule has 3 rings (SSSR count). The molecule has 7 heteroatoms. The van der Waals surface area contributed by atoms with Crippen molar-refractivity contribution in [1.29, 1.82) is 0 Å². The first-order valence-corrected chi connectivity index (χ1v) is 9.57. The van der Waals surface area contributed by atoms with Gasteiger partial charge in [0, 0.05) is 37.0 Å². The number of methoxy groups -OCH3 is 1. The fourth-order valence-electron chi connectivity index (χ4n) is 3.41. The van der Waals surface area contributed by atoms with E-state index in [1.54, 1.807) is 36.3 Å². The molecule has 1 unspecified atom stereocenters. The second-order valence-corrected chi connectivity index (χ2v) is 7.00. The van der Waals surface area contributed by atoms with Crippen LogP contribution in [0.15, 0.2) is 42.5 Å². The highest BCUT2D eigenvalue weighted by atomic mass is 16.5. The fraction of sp³-hybridized carbons (Fsp3) is 0.318. The third kappa shape index (κ3) is 4.74. The van der Waals surface area contributed by atoms with Crippen molar-refractivity contribution in [1.82, 2.24) is 0 Å². The van der Waals surface area contributed by atoms with Crippen LogP contribution in [0.4, 0.5) is 17.1 Å². The van der Waals surface area contributed by atoms with Gasteiger partial charge in [-0.1, -0.05) is 13.0 Å². The maximum atomic E-state index is 12.8. The molecule has 29 heavy (non-hydrogen) atoms. The highest BCUT2D eigenvalue weighted by Gasteiger charge is 2.35. The van der Waals surface area contributed by atoms with Crippen molar-refractivity contribution in [2.45, 2.75) is 26.7 Å². The second kappa shape index (κ2) is 8.77. The summed E-state index contributed by atoms with van der Waals surface area (Å²) in [6, 6.07) is 12.6. The molecular weight excluding hydrogens is 370 g/mol. The van der Waals surface area contributed by atoms with Crippen molar-refractivity contribution in [3.8, 4) is 5.75 Å². The Morgan fingerprint density at radius 1 is 1.14 bits per heavy atom. The van der Waals surface area contributed by atoms with Gasteiger partial charge in [-0.25, -0.2) is 0 Å². The maximum absolute atomic E-state index is 12.8. The number of benzene rings is 2. The van der Waals surface area contributed by atoms with Gasteiger partial charge in [0.1, 0.15) is 5.75 Å². The molecule has 0 aliphatic carbocycles. The molecule has 1 aliphatic rings. The molecule has 0 radical (unpaired) electrons. The molecule has 1 atom stereocenters. The van der Waals surface area contributed by atoms with Crippen LogP contribution in [-0.2, 0) is 20.8 Å². The Hall–Kier alpha value is -3.35. The number of nitrogens with one attached hydrogen (secondary N) is 2. The first-order valence-electron chi connectivity index (χ1n) is 9.57. The Bertz CT molecular complexity index is 924. The normalized spacial score (nSPS) is 15.9. The van der Waals surface area contributed by atoms with Crippen LogP contribution >= 0.6 is 0 Å². The van der Waals surface area contributed by atoms with Crippen molar-refractivity contribution in [2.24, 2.45) is 5.92 Å². The van der Waals surface area contributed by atoms with E-state index >= 15 is 0 Å². The lowest BCUT2D eigenvalue weighted by Crippen LogP contribution is -2.28. The zero-order chi connectivity index (χ0) is 21.0. The molecule has 0 bridgehead atoms. The van der Waals surface area contributed by atoms with Crippen LogP contribution in [0, 0.1) is 5.92 Å². The number of carbonyl (C=O) groups excluding carboxylic acids is 3. The first-order chi connectivity index (χ1) is 13.9. The third-order valence-corrected chi connectivity index (χ3v) is 4.95. The second-order valence-electron chi connectivity index (χ2n) is 7.00. The molecule has 1 aliphatic heterocycles. The topological polar surface area (TPSA) is 87.7 Å². The minimum absolute atomic E-state index is 0.0852. The van der Waals surface area contributed by atoms with Gasteiger partial charge in [0.2, 0.25) is 17.7 Å². The molecule has 7 nitrogen and oxygen atoms in total. The summed E-state index contributed by atoms with van der Waals surface area (Å²) < 4.78 is 5.15. The van der Waals surface area contributed by atoms with Crippen molar-refractivity contribution in [3.05, 3.63) is 48.0 Å². The number of hydrogen-bond donors (Lipinski definition) is 2. The summed E-state index contributed by atoms with van der Waals surface area (Å²) in [5.74, 6) is -0.204. The number of ether oxygens (including phenoxy) is 1. The lowest BCUT2D eigenvalue weighted by molar-refractivity contribution is -0.122. The highest BCUT2D eigenvalue weighted by Crippen LogP contribution is 2.29. The summed E-state index contributed by atoms with van der Waals surface area (Å²) in [7, 11) is 1.59. The summed E-state index contributed by atoms with van der Waals surface area (Å²) in [5.41, 5.74) is 2.98. The molecule has 2 N–H and O–H groups in total. The summed E-state index contributed by atoms with van der Waals surface area (Å²) in [6.45, 7) is 3.75. The number of carbonyl (C=O) groups is 3. The molecule has 1 fully saturated rings. The third-order valence-electron chi connectivity index (χ3n) is 4.95. The van der Waals surface area contributed by atoms with Gasteiger partial charge in [-0.2, -0.15) is 0 Å². The van der Waals surface area contributed by atoms with Crippen LogP contribution in [0.25, 0.3) is 0 Å². The molecule has 152 valence electrons. The predicted molar refractivity (Wildman–Crippen MR) is 112 cm³/mol. The Kier molecular flexibility index (Phi) is 6.16. The van der Waals surface area contributed by atoms with E-state index in [1.165, 1.54) is 6.92 Å². The van der Waals surface area contributed by atoms with E-state index < -0.39 is 5.92 Å². The number of anilines is 3. The van der Waals surface area contributed by atoms with Crippen molar-refractivity contribution in [3.63, 3.8) is 0 Å². The zero-order valence-electron chi connectivity index (χ0n) is 16.8. The monoisotopic (exact) mass is 395 g/mol. The van der Waals surface area contributed by atoms with Crippen molar-refractivity contribution in [2.75, 3.05) is 29.2 Å². The van der Waals surface area contributed by atoms with Gasteiger partial charge in [0.25, 0.3) is 0 Å². The van der Waals surface area contributed by atoms with E-state index in [-0.39, 0.29) is 24.1 Å². The van der Waals surface area contributed by atoms with Crippen LogP contribution in [-0.4, -0.2) is 31.4 Å². The van der Waals surface area contributed by atoms with Crippen LogP contribution in [0.1, 0.15) is 25.8 Å². The Balaban J connectivity index is 1.72. The van der Waals surface area contributed by atoms with Gasteiger partial charge in [-0.15, -0.1) is 0 Å². The minimum Gasteiger partial charge on any atom is -0.497 e.